The number of nitrogens with zero attached hydrogens (tertiary/aromatic N) is 2. The van der Waals surface area contributed by atoms with Gasteiger partial charge >= 0.3 is 0 Å². The quantitative estimate of drug-likeness (QED) is 0.899. The number of aromatic amines is 1. The number of benzene rings is 1. The van der Waals surface area contributed by atoms with Crippen LogP contribution in [0.25, 0.3) is 10.9 Å². The second-order valence-corrected chi connectivity index (χ2v) is 6.63. The summed E-state index contributed by atoms with van der Waals surface area (Å²) < 4.78 is 0. The zero-order valence-electron chi connectivity index (χ0n) is 13.0. The molecule has 0 radical (unpaired) electrons. The average Bonchev–Trinajstić information content (AvgIpc) is 2.53. The van der Waals surface area contributed by atoms with Crippen molar-refractivity contribution in [1.29, 1.82) is 0 Å². The molecule has 118 valence electrons. The van der Waals surface area contributed by atoms with Crippen LogP contribution < -0.4 is 5.56 Å². The number of H-pyrrole nitrogens is 1. The Kier molecular flexibility index (Phi) is 4.27. The van der Waals surface area contributed by atoms with E-state index in [1.165, 1.54) is 0 Å². The van der Waals surface area contributed by atoms with E-state index in [2.05, 4.69) is 21.8 Å². The van der Waals surface area contributed by atoms with E-state index in [0.717, 1.165) is 50.2 Å². The largest absolute Gasteiger partial charge is 0.396 e. The number of hydrogen-bond donors (Lipinski definition) is 2. The fourth-order valence-corrected chi connectivity index (χ4v) is 3.26. The summed E-state index contributed by atoms with van der Waals surface area (Å²) in [7, 11) is 0. The van der Waals surface area contributed by atoms with E-state index >= 15 is 0 Å². The number of rotatable bonds is 4. The summed E-state index contributed by atoms with van der Waals surface area (Å²) in [6.45, 7) is 5.18. The number of likely N-dealkylation sites (tertiary alicyclic amines) is 1. The Bertz CT molecular complexity index is 712. The van der Waals surface area contributed by atoms with Gasteiger partial charge in [0.2, 0.25) is 0 Å². The summed E-state index contributed by atoms with van der Waals surface area (Å²) in [6.07, 6.45) is 2.91. The highest BCUT2D eigenvalue weighted by Crippen LogP contribution is 2.28. The molecular weight excluding hydrogens is 278 g/mol. The first-order chi connectivity index (χ1) is 10.6. The maximum atomic E-state index is 12.1. The van der Waals surface area contributed by atoms with Crippen molar-refractivity contribution in [3.63, 3.8) is 0 Å². The molecule has 22 heavy (non-hydrogen) atoms. The van der Waals surface area contributed by atoms with Crippen LogP contribution in [0.5, 0.6) is 0 Å². The van der Waals surface area contributed by atoms with Crippen molar-refractivity contribution in [2.24, 2.45) is 5.41 Å². The standard InChI is InChI=1S/C17H23N3O2/c1-17(12-21)8-4-9-20(11-17)10-7-15-18-14-6-3-2-5-13(14)16(22)19-15/h2-3,5-6,21H,4,7-12H2,1H3,(H,18,19,22). The Labute approximate surface area is 130 Å². The van der Waals surface area contributed by atoms with Crippen LogP contribution >= 0.6 is 0 Å². The van der Waals surface area contributed by atoms with Gasteiger partial charge in [-0.15, -0.1) is 0 Å². The third kappa shape index (κ3) is 3.20. The van der Waals surface area contributed by atoms with E-state index in [-0.39, 0.29) is 17.6 Å². The number of nitrogens with one attached hydrogen (secondary N) is 1. The maximum Gasteiger partial charge on any atom is 0.258 e. The number of piperidine rings is 1. The number of aliphatic hydroxyl groups excluding tert-OH is 1. The molecule has 1 unspecified atom stereocenters. The molecule has 1 aliphatic heterocycles. The highest BCUT2D eigenvalue weighted by molar-refractivity contribution is 5.77. The van der Waals surface area contributed by atoms with Gasteiger partial charge in [0.1, 0.15) is 5.82 Å². The molecule has 1 aromatic carbocycles. The number of para-hydroxylation sites is 1. The van der Waals surface area contributed by atoms with E-state index in [1.807, 2.05) is 18.2 Å². The first-order valence-electron chi connectivity index (χ1n) is 7.91. The predicted molar refractivity (Wildman–Crippen MR) is 86.9 cm³/mol. The van der Waals surface area contributed by atoms with Crippen molar-refractivity contribution in [2.75, 3.05) is 26.2 Å². The van der Waals surface area contributed by atoms with Crippen LogP contribution in [0.2, 0.25) is 0 Å². The lowest BCUT2D eigenvalue weighted by atomic mass is 9.83. The summed E-state index contributed by atoms with van der Waals surface area (Å²) in [4.78, 5) is 21.8. The van der Waals surface area contributed by atoms with Crippen molar-refractivity contribution in [2.45, 2.75) is 26.2 Å². The molecule has 1 atom stereocenters. The van der Waals surface area contributed by atoms with E-state index in [0.29, 0.717) is 5.39 Å². The van der Waals surface area contributed by atoms with E-state index < -0.39 is 0 Å². The predicted octanol–water partition coefficient (Wildman–Crippen LogP) is 1.56. The monoisotopic (exact) mass is 301 g/mol. The molecule has 5 nitrogen and oxygen atoms in total. The third-order valence-electron chi connectivity index (χ3n) is 4.57. The van der Waals surface area contributed by atoms with Crippen LogP contribution in [0, 0.1) is 5.41 Å². The number of fused-ring (bicyclic) bond motifs is 1. The summed E-state index contributed by atoms with van der Waals surface area (Å²) in [5, 5.41) is 10.2. The SMILES string of the molecule is CC1(CO)CCCN(CCc2nc3ccccc3c(=O)[nH]2)C1. The first kappa shape index (κ1) is 15.2. The zero-order chi connectivity index (χ0) is 15.6. The molecule has 2 N–H and O–H groups in total. The molecule has 1 saturated heterocycles. The van der Waals surface area contributed by atoms with Crippen molar-refractivity contribution < 1.29 is 5.11 Å². The number of aliphatic hydroxyl groups is 1. The molecule has 0 bridgehead atoms. The number of hydrogen-bond acceptors (Lipinski definition) is 4. The van der Waals surface area contributed by atoms with E-state index in [9.17, 15) is 9.90 Å². The molecule has 0 amide bonds. The van der Waals surface area contributed by atoms with Crippen LogP contribution in [0.3, 0.4) is 0 Å². The molecular formula is C17H23N3O2. The van der Waals surface area contributed by atoms with Gasteiger partial charge in [0.05, 0.1) is 10.9 Å². The maximum absolute atomic E-state index is 12.1. The second kappa shape index (κ2) is 6.18. The molecule has 1 fully saturated rings. The van der Waals surface area contributed by atoms with Crippen LogP contribution in [0.4, 0.5) is 0 Å². The second-order valence-electron chi connectivity index (χ2n) is 6.63. The zero-order valence-corrected chi connectivity index (χ0v) is 13.0. The van der Waals surface area contributed by atoms with Crippen LogP contribution in [0.1, 0.15) is 25.6 Å². The van der Waals surface area contributed by atoms with E-state index in [1.54, 1.807) is 6.07 Å². The van der Waals surface area contributed by atoms with Gasteiger partial charge in [0, 0.05) is 31.5 Å². The van der Waals surface area contributed by atoms with Crippen LogP contribution in [-0.2, 0) is 6.42 Å². The Morgan fingerprint density at radius 2 is 2.23 bits per heavy atom. The molecule has 2 aromatic rings. The van der Waals surface area contributed by atoms with Gasteiger partial charge < -0.3 is 15.0 Å². The molecule has 3 rings (SSSR count). The smallest absolute Gasteiger partial charge is 0.258 e. The Balaban J connectivity index is 1.70. The molecule has 5 heteroatoms. The topological polar surface area (TPSA) is 69.2 Å². The fraction of sp³-hybridized carbons (Fsp3) is 0.529. The minimum atomic E-state index is -0.0700. The Hall–Kier alpha value is -1.72. The van der Waals surface area contributed by atoms with Gasteiger partial charge in [0.25, 0.3) is 5.56 Å². The lowest BCUT2D eigenvalue weighted by molar-refractivity contribution is 0.0470. The minimum Gasteiger partial charge on any atom is -0.396 e. The summed E-state index contributed by atoms with van der Waals surface area (Å²) >= 11 is 0. The number of aromatic nitrogens is 2. The summed E-state index contributed by atoms with van der Waals surface area (Å²) in [5.74, 6) is 0.736. The van der Waals surface area contributed by atoms with Crippen molar-refractivity contribution in [3.8, 4) is 0 Å². The van der Waals surface area contributed by atoms with Crippen molar-refractivity contribution in [1.82, 2.24) is 14.9 Å². The molecule has 1 aromatic heterocycles. The van der Waals surface area contributed by atoms with Crippen LogP contribution in [-0.4, -0.2) is 46.2 Å². The van der Waals surface area contributed by atoms with Gasteiger partial charge in [-0.05, 0) is 31.5 Å². The van der Waals surface area contributed by atoms with Gasteiger partial charge in [-0.2, -0.15) is 0 Å². The lowest BCUT2D eigenvalue weighted by Crippen LogP contribution is -2.44. The molecule has 2 heterocycles. The van der Waals surface area contributed by atoms with Crippen molar-refractivity contribution >= 4 is 10.9 Å². The Morgan fingerprint density at radius 1 is 1.41 bits per heavy atom. The Morgan fingerprint density at radius 3 is 3.05 bits per heavy atom. The van der Waals surface area contributed by atoms with E-state index in [4.69, 9.17) is 0 Å². The van der Waals surface area contributed by atoms with Crippen LogP contribution in [0.15, 0.2) is 29.1 Å². The van der Waals surface area contributed by atoms with Gasteiger partial charge in [0.15, 0.2) is 0 Å². The average molecular weight is 301 g/mol. The normalized spacial score (nSPS) is 23.0. The first-order valence-corrected chi connectivity index (χ1v) is 7.91. The third-order valence-corrected chi connectivity index (χ3v) is 4.57. The molecule has 0 spiro atoms. The highest BCUT2D eigenvalue weighted by Gasteiger charge is 2.30. The van der Waals surface area contributed by atoms with Gasteiger partial charge in [-0.25, -0.2) is 4.98 Å². The molecule has 1 aliphatic rings. The highest BCUT2D eigenvalue weighted by atomic mass is 16.3. The van der Waals surface area contributed by atoms with Gasteiger partial charge in [-0.1, -0.05) is 19.1 Å². The molecule has 0 aliphatic carbocycles. The summed E-state index contributed by atoms with van der Waals surface area (Å²) in [5.41, 5.74) is 0.683. The van der Waals surface area contributed by atoms with Crippen molar-refractivity contribution in [3.05, 3.63) is 40.4 Å². The fourth-order valence-electron chi connectivity index (χ4n) is 3.26. The minimum absolute atomic E-state index is 0.00245. The van der Waals surface area contributed by atoms with Gasteiger partial charge in [-0.3, -0.25) is 4.79 Å². The summed E-state index contributed by atoms with van der Waals surface area (Å²) in [6, 6.07) is 7.42. The molecule has 0 saturated carbocycles. The lowest BCUT2D eigenvalue weighted by Gasteiger charge is -2.39.